The summed E-state index contributed by atoms with van der Waals surface area (Å²) in [5.74, 6) is -0.718. The molecule has 39 nitrogen and oxygen atoms in total. The lowest BCUT2D eigenvalue weighted by atomic mass is 10.0. The maximum Gasteiger partial charge on any atom is 0.487 e. The van der Waals surface area contributed by atoms with Gasteiger partial charge in [0.05, 0.1) is 46.1 Å². The quantitative estimate of drug-likeness (QED) is 0.0282. The van der Waals surface area contributed by atoms with Crippen molar-refractivity contribution in [1.82, 2.24) is 53.6 Å². The second kappa shape index (κ2) is 19.1. The van der Waals surface area contributed by atoms with Gasteiger partial charge < -0.3 is 80.7 Å². The van der Waals surface area contributed by atoms with Crippen molar-refractivity contribution in [3.8, 4) is 0 Å². The Morgan fingerprint density at radius 2 is 1.44 bits per heavy atom. The van der Waals surface area contributed by atoms with Gasteiger partial charge >= 0.3 is 29.1 Å². The first-order chi connectivity index (χ1) is 35.2. The molecule has 10 rings (SSSR count). The second-order valence-electron chi connectivity index (χ2n) is 17.0. The molecule has 0 radical (unpaired) electrons. The molecule has 408 valence electrons. The number of anilines is 3. The number of H-pyrrole nitrogens is 2. The largest absolute Gasteiger partial charge is 0.756 e. The van der Waals surface area contributed by atoms with Gasteiger partial charge in [0.2, 0.25) is 17.7 Å². The predicted octanol–water partition coefficient (Wildman–Crippen LogP) is -5.59. The van der Waals surface area contributed by atoms with Gasteiger partial charge in [-0.25, -0.2) is 42.5 Å². The molecule has 43 heteroatoms. The monoisotopic (exact) mass is 1140 g/mol. The van der Waals surface area contributed by atoms with Crippen LogP contribution in [0, 0.1) is 0 Å². The van der Waals surface area contributed by atoms with Gasteiger partial charge in [0.25, 0.3) is 24.9 Å². The number of hydrogen-bond acceptors (Lipinski definition) is 30. The molecule has 16 atom stereocenters. The lowest BCUT2D eigenvalue weighted by Gasteiger charge is -2.32. The van der Waals surface area contributed by atoms with E-state index >= 15 is 0 Å². The van der Waals surface area contributed by atoms with E-state index in [0.717, 1.165) is 28.1 Å². The summed E-state index contributed by atoms with van der Waals surface area (Å²) in [5, 5.41) is 43.2. The number of hydrogen-bond donors (Lipinski definition) is 12. The van der Waals surface area contributed by atoms with Crippen LogP contribution in [0.5, 0.6) is 0 Å². The van der Waals surface area contributed by atoms with E-state index < -0.39 is 142 Å². The highest BCUT2D eigenvalue weighted by Crippen LogP contribution is 2.67. The number of phosphoric ester groups is 3. The Bertz CT molecular complexity index is 3540. The third kappa shape index (κ3) is 9.95. The Labute approximate surface area is 413 Å². The van der Waals surface area contributed by atoms with Crippen LogP contribution in [0.1, 0.15) is 18.7 Å². The molecule has 0 aliphatic carbocycles. The molecule has 0 saturated carbocycles. The number of phosphoric acid groups is 4. The van der Waals surface area contributed by atoms with E-state index in [9.17, 15) is 67.8 Å². The molecule has 0 amide bonds. The summed E-state index contributed by atoms with van der Waals surface area (Å²) in [7, 11) is -22.4. The van der Waals surface area contributed by atoms with E-state index in [1.807, 2.05) is 0 Å². The van der Waals surface area contributed by atoms with Crippen LogP contribution in [0.25, 0.3) is 33.5 Å². The van der Waals surface area contributed by atoms with Gasteiger partial charge in [0.1, 0.15) is 66.3 Å². The minimum Gasteiger partial charge on any atom is -0.756 e. The van der Waals surface area contributed by atoms with Crippen molar-refractivity contribution in [3.63, 3.8) is 0 Å². The molecule has 0 spiro atoms. The predicted molar refractivity (Wildman–Crippen MR) is 235 cm³/mol. The molecule has 75 heavy (non-hydrogen) atoms. The summed E-state index contributed by atoms with van der Waals surface area (Å²) in [6, 6.07) is 0. The molecule has 4 fully saturated rings. The highest BCUT2D eigenvalue weighted by atomic mass is 31.3. The standard InChI is InChI=1S/C32H41N15O24P4/c1-44-9-47(24-14(44)26(53)43-31(35)41-24)28-18(51)16(49)11(67-28)3-64-73(56,57)70-75(60,61)71-74(58,59)65-5-32-4-62-19(29(68-32)45-7-38-12-21(33)36-6-37-22(12)45)20(32)69-72(54,55)63-2-10-15(48)17(50)27(66-10)46-8-39-13-23(46)40-30(34)42-25(13)52/h6-11,15-20,27-29,48-51H,2-5H2,1H3,(H11-,33,34,35,36,37,40,41,42,43,52,53,54,55,56,57,58,59,60,61)/t10-,11-,15?,16+,17+,18?,19+,20?,27-,28-,29-,32-/m1/s1. The summed E-state index contributed by atoms with van der Waals surface area (Å²) in [4.78, 5) is 98.2. The minimum absolute atomic E-state index is 0.0174. The molecule has 10 heterocycles. The number of aromatic amines is 2. The fourth-order valence-corrected chi connectivity index (χ4v) is 13.3. The number of aryl methyl sites for hydroxylation is 1. The van der Waals surface area contributed by atoms with Gasteiger partial charge in [-0.3, -0.25) is 51.4 Å². The minimum atomic E-state index is -6.28. The Kier molecular flexibility index (Phi) is 13.6. The number of fused-ring (bicyclic) bond motifs is 5. The number of aliphatic hydroxyl groups excluding tert-OH is 4. The van der Waals surface area contributed by atoms with E-state index in [-0.39, 0.29) is 51.2 Å². The third-order valence-electron chi connectivity index (χ3n) is 12.0. The van der Waals surface area contributed by atoms with Crippen molar-refractivity contribution in [3.05, 3.63) is 46.0 Å². The van der Waals surface area contributed by atoms with E-state index in [4.69, 9.17) is 49.7 Å². The Morgan fingerprint density at radius 3 is 2.19 bits per heavy atom. The molecule has 15 N–H and O–H groups in total. The zero-order chi connectivity index (χ0) is 53.9. The Balaban J connectivity index is 0.809. The molecular formula is C32H41N15O24P4. The van der Waals surface area contributed by atoms with Crippen LogP contribution < -0.4 is 37.8 Å². The highest BCUT2D eigenvalue weighted by molar-refractivity contribution is 7.66. The number of aliphatic hydroxyl groups is 4. The number of ether oxygens (including phenoxy) is 4. The highest BCUT2D eigenvalue weighted by Gasteiger charge is 2.66. The lowest BCUT2D eigenvalue weighted by Crippen LogP contribution is -2.46. The SMILES string of the molecule is Cn1c[n+]([C@@H]2O[C@H](COP(=O)([O-])OP(=O)(O)OP(=O)(O)OC[C@]34CO[C@@H](C3OP(=O)(O)OC[C@H]3O[C@@H](n5cnc6c(=O)[nH]c(N)nc65)[C@@H](O)C3O)[C@H](n3cnc5c(N)ncnc53)O4)[C@H](O)C2O)c2nc(N)[nH]c(=O)c21. The Morgan fingerprint density at radius 1 is 0.787 bits per heavy atom. The fourth-order valence-electron chi connectivity index (χ4n) is 8.73. The third-order valence-corrected chi connectivity index (χ3v) is 17.2. The average Bonchev–Trinajstić information content (AvgIpc) is 4.23. The van der Waals surface area contributed by atoms with Gasteiger partial charge in [-0.15, -0.1) is 0 Å². The van der Waals surface area contributed by atoms with Crippen molar-refractivity contribution >= 4 is 82.5 Å². The molecule has 4 aliphatic rings. The maximum atomic E-state index is 13.7. The molecule has 4 aliphatic heterocycles. The Hall–Kier alpha value is -5.15. The first-order valence-corrected chi connectivity index (χ1v) is 27.2. The number of nitrogens with one attached hydrogen (secondary N) is 2. The first-order valence-electron chi connectivity index (χ1n) is 21.2. The van der Waals surface area contributed by atoms with E-state index in [0.29, 0.717) is 0 Å². The summed E-state index contributed by atoms with van der Waals surface area (Å²) in [5.41, 5.74) is 13.1. The molecule has 4 saturated heterocycles. The smallest absolute Gasteiger partial charge is 0.487 e. The zero-order valence-corrected chi connectivity index (χ0v) is 41.1. The maximum absolute atomic E-state index is 13.7. The van der Waals surface area contributed by atoms with Crippen LogP contribution in [0.3, 0.4) is 0 Å². The second-order valence-corrected chi connectivity index (χ2v) is 23.0. The summed E-state index contributed by atoms with van der Waals surface area (Å²) >= 11 is 0. The number of aromatic nitrogens is 12. The van der Waals surface area contributed by atoms with Crippen molar-refractivity contribution in [1.29, 1.82) is 0 Å². The van der Waals surface area contributed by atoms with Gasteiger partial charge in [0, 0.05) is 0 Å². The number of imidazole rings is 3. The normalized spacial score (nSPS) is 32.0. The average molecular weight is 1140 g/mol. The van der Waals surface area contributed by atoms with Crippen molar-refractivity contribution in [2.24, 2.45) is 7.05 Å². The van der Waals surface area contributed by atoms with Gasteiger partial charge in [-0.05, 0) is 0 Å². The van der Waals surface area contributed by atoms with Gasteiger partial charge in [-0.2, -0.15) is 9.29 Å². The van der Waals surface area contributed by atoms with E-state index in [1.165, 1.54) is 22.5 Å². The number of nitrogens with zero attached hydrogens (tertiary/aromatic N) is 10. The van der Waals surface area contributed by atoms with E-state index in [2.05, 4.69) is 53.0 Å². The number of rotatable bonds is 18. The van der Waals surface area contributed by atoms with Crippen LogP contribution in [-0.4, -0.2) is 170 Å². The van der Waals surface area contributed by atoms with Crippen LogP contribution in [0.4, 0.5) is 17.7 Å². The van der Waals surface area contributed by atoms with Crippen LogP contribution in [0.2, 0.25) is 0 Å². The summed E-state index contributed by atoms with van der Waals surface area (Å²) in [6.07, 6.45) is -13.9. The van der Waals surface area contributed by atoms with Crippen molar-refractivity contribution in [2.45, 2.75) is 73.1 Å². The lowest BCUT2D eigenvalue weighted by molar-refractivity contribution is -0.745. The molecule has 6 aromatic heterocycles. The summed E-state index contributed by atoms with van der Waals surface area (Å²) < 4.78 is 109. The number of nitrogen functional groups attached to an aromatic ring is 3. The molecule has 6 aromatic rings. The zero-order valence-electron chi connectivity index (χ0n) is 37.6. The van der Waals surface area contributed by atoms with Crippen LogP contribution in [-0.2, 0) is 71.0 Å². The van der Waals surface area contributed by atoms with Gasteiger partial charge in [0.15, 0.2) is 41.4 Å². The summed E-state index contributed by atoms with van der Waals surface area (Å²) in [6.45, 7) is -4.17. The van der Waals surface area contributed by atoms with Crippen molar-refractivity contribution < 1.29 is 108 Å². The fraction of sp³-hybridized carbons (Fsp3) is 0.531. The molecule has 0 aromatic carbocycles. The van der Waals surface area contributed by atoms with Crippen LogP contribution in [0.15, 0.2) is 34.9 Å². The first kappa shape index (κ1) is 53.3. The molecule has 2 bridgehead atoms. The molecular weight excluding hydrogens is 1100 g/mol. The van der Waals surface area contributed by atoms with Crippen LogP contribution >= 0.6 is 31.3 Å². The topological polar surface area (TPSA) is 565 Å². The van der Waals surface area contributed by atoms with Crippen molar-refractivity contribution in [2.75, 3.05) is 43.6 Å². The van der Waals surface area contributed by atoms with Gasteiger partial charge in [-0.1, -0.05) is 4.98 Å². The number of nitrogens with two attached hydrogens (primary N) is 3. The molecule has 7 unspecified atom stereocenters. The van der Waals surface area contributed by atoms with E-state index in [1.54, 1.807) is 0 Å².